The molecule has 0 bridgehead atoms. The van der Waals surface area contributed by atoms with Crippen LogP contribution in [0.2, 0.25) is 0 Å². The first-order valence-corrected chi connectivity index (χ1v) is 11.0. The molecular weight excluding hydrogens is 460 g/mol. The molecule has 0 aliphatic heterocycles. The number of rotatable bonds is 5. The Morgan fingerprint density at radius 1 is 0.972 bits per heavy atom. The number of methoxy groups -OCH3 is 1. The van der Waals surface area contributed by atoms with Crippen molar-refractivity contribution in [2.45, 2.75) is 0 Å². The first kappa shape index (κ1) is 22.8. The molecule has 0 spiro atoms. The van der Waals surface area contributed by atoms with Gasteiger partial charge in [-0.2, -0.15) is 5.10 Å². The summed E-state index contributed by atoms with van der Waals surface area (Å²) in [5.74, 6) is 0.260. The van der Waals surface area contributed by atoms with Gasteiger partial charge < -0.3 is 10.1 Å². The average molecular weight is 483 g/mol. The van der Waals surface area contributed by atoms with Gasteiger partial charge in [-0.15, -0.1) is 0 Å². The number of aryl methyl sites for hydroxylation is 1. The summed E-state index contributed by atoms with van der Waals surface area (Å²) in [6, 6.07) is 18.2. The third-order valence-corrected chi connectivity index (χ3v) is 5.89. The van der Waals surface area contributed by atoms with E-state index in [9.17, 15) is 14.4 Å². The van der Waals surface area contributed by atoms with Gasteiger partial charge in [-0.3, -0.25) is 18.7 Å². The number of pyridine rings is 1. The van der Waals surface area contributed by atoms with Crippen LogP contribution in [0.25, 0.3) is 28.0 Å². The van der Waals surface area contributed by atoms with Gasteiger partial charge in [0, 0.05) is 25.9 Å². The van der Waals surface area contributed by atoms with Gasteiger partial charge in [0.25, 0.3) is 11.5 Å². The summed E-state index contributed by atoms with van der Waals surface area (Å²) in [5.41, 5.74) is 1.91. The molecule has 5 rings (SSSR count). The molecule has 0 aliphatic rings. The highest BCUT2D eigenvalue weighted by atomic mass is 16.5. The Bertz CT molecular complexity index is 1720. The largest absolute Gasteiger partial charge is 0.497 e. The molecule has 0 saturated carbocycles. The molecule has 1 amide bonds. The van der Waals surface area contributed by atoms with Crippen LogP contribution in [0.5, 0.6) is 5.75 Å². The van der Waals surface area contributed by atoms with Gasteiger partial charge in [-0.05, 0) is 42.5 Å². The quantitative estimate of drug-likeness (QED) is 0.412. The predicted octanol–water partition coefficient (Wildman–Crippen LogP) is 2.75. The molecule has 0 fully saturated rings. The Hall–Kier alpha value is -4.99. The van der Waals surface area contributed by atoms with Crippen molar-refractivity contribution in [3.05, 3.63) is 99.5 Å². The maximum Gasteiger partial charge on any atom is 0.332 e. The van der Waals surface area contributed by atoms with Crippen LogP contribution in [0.15, 0.2) is 82.6 Å². The molecule has 10 heteroatoms. The summed E-state index contributed by atoms with van der Waals surface area (Å²) in [6.07, 6.45) is 3.06. The number of nitrogens with zero attached hydrogens (tertiary/aromatic N) is 5. The second-order valence-corrected chi connectivity index (χ2v) is 8.16. The molecule has 0 atom stereocenters. The van der Waals surface area contributed by atoms with Crippen molar-refractivity contribution < 1.29 is 9.53 Å². The minimum Gasteiger partial charge on any atom is -0.497 e. The highest BCUT2D eigenvalue weighted by molar-refractivity contribution is 6.08. The van der Waals surface area contributed by atoms with Crippen LogP contribution in [0.3, 0.4) is 0 Å². The minimum atomic E-state index is -0.493. The van der Waals surface area contributed by atoms with E-state index in [-0.39, 0.29) is 11.0 Å². The monoisotopic (exact) mass is 482 g/mol. The molecule has 36 heavy (non-hydrogen) atoms. The number of ether oxygens (including phenoxy) is 1. The Morgan fingerprint density at radius 2 is 1.69 bits per heavy atom. The number of anilines is 1. The number of para-hydroxylation sites is 1. The fraction of sp³-hybridized carbons (Fsp3) is 0.115. The molecule has 0 saturated heterocycles. The number of carbonyl (C=O) groups is 1. The van der Waals surface area contributed by atoms with Crippen molar-refractivity contribution >= 4 is 22.6 Å². The second kappa shape index (κ2) is 8.99. The van der Waals surface area contributed by atoms with Gasteiger partial charge in [0.15, 0.2) is 0 Å². The Labute approximate surface area is 205 Å². The molecule has 1 N–H and O–H groups in total. The molecule has 2 aromatic carbocycles. The molecule has 10 nitrogen and oxygen atoms in total. The zero-order valence-electron chi connectivity index (χ0n) is 19.8. The summed E-state index contributed by atoms with van der Waals surface area (Å²) in [4.78, 5) is 42.5. The standard InChI is InChI=1S/C26H22N6O4/c1-30-23-20(25(34)31(2)26(30)35)13-17(14-27-23)28-24(33)21-15-32(18-7-5-4-6-8-18)29-22(21)16-9-11-19(36-3)12-10-16/h4-15H,1-3H3,(H,28,33). The van der Waals surface area contributed by atoms with Crippen molar-refractivity contribution in [3.63, 3.8) is 0 Å². The molecule has 5 aromatic rings. The number of nitrogens with one attached hydrogen (secondary N) is 1. The second-order valence-electron chi connectivity index (χ2n) is 8.16. The van der Waals surface area contributed by atoms with E-state index in [2.05, 4.69) is 15.4 Å². The predicted molar refractivity (Wildman–Crippen MR) is 136 cm³/mol. The van der Waals surface area contributed by atoms with Gasteiger partial charge in [0.05, 0.1) is 35.6 Å². The topological polar surface area (TPSA) is 113 Å². The zero-order chi connectivity index (χ0) is 25.4. The maximum atomic E-state index is 13.4. The lowest BCUT2D eigenvalue weighted by molar-refractivity contribution is 0.102. The van der Waals surface area contributed by atoms with Crippen LogP contribution in [0.1, 0.15) is 10.4 Å². The van der Waals surface area contributed by atoms with Crippen LogP contribution < -0.4 is 21.3 Å². The fourth-order valence-corrected chi connectivity index (χ4v) is 3.95. The number of amides is 1. The number of aromatic nitrogens is 5. The van der Waals surface area contributed by atoms with Gasteiger partial charge in [0.1, 0.15) is 17.1 Å². The highest BCUT2D eigenvalue weighted by Crippen LogP contribution is 2.27. The lowest BCUT2D eigenvalue weighted by Gasteiger charge is -2.09. The number of hydrogen-bond acceptors (Lipinski definition) is 6. The summed E-state index contributed by atoms with van der Waals surface area (Å²) in [7, 11) is 4.52. The number of carbonyl (C=O) groups excluding carboxylic acids is 1. The van der Waals surface area contributed by atoms with E-state index in [1.54, 1.807) is 30.1 Å². The van der Waals surface area contributed by atoms with E-state index >= 15 is 0 Å². The van der Waals surface area contributed by atoms with E-state index in [1.807, 2.05) is 42.5 Å². The normalized spacial score (nSPS) is 11.0. The summed E-state index contributed by atoms with van der Waals surface area (Å²) in [5, 5.41) is 7.70. The van der Waals surface area contributed by atoms with Crippen molar-refractivity contribution in [3.8, 4) is 22.7 Å². The number of fused-ring (bicyclic) bond motifs is 1. The molecule has 0 unspecified atom stereocenters. The third-order valence-electron chi connectivity index (χ3n) is 5.89. The van der Waals surface area contributed by atoms with E-state index in [0.717, 1.165) is 15.8 Å². The molecule has 3 heterocycles. The van der Waals surface area contributed by atoms with Gasteiger partial charge in [0.2, 0.25) is 0 Å². The summed E-state index contributed by atoms with van der Waals surface area (Å²) in [6.45, 7) is 0. The molecular formula is C26H22N6O4. The molecule has 0 aliphatic carbocycles. The van der Waals surface area contributed by atoms with Crippen molar-refractivity contribution in [2.24, 2.45) is 14.1 Å². The summed E-state index contributed by atoms with van der Waals surface area (Å²) < 4.78 is 9.17. The van der Waals surface area contributed by atoms with E-state index in [0.29, 0.717) is 22.7 Å². The molecule has 180 valence electrons. The molecule has 0 radical (unpaired) electrons. The van der Waals surface area contributed by atoms with Crippen molar-refractivity contribution in [2.75, 3.05) is 12.4 Å². The maximum absolute atomic E-state index is 13.4. The lowest BCUT2D eigenvalue weighted by Crippen LogP contribution is -2.37. The molecule has 3 aromatic heterocycles. The van der Waals surface area contributed by atoms with Crippen LogP contribution in [-0.2, 0) is 14.1 Å². The Kier molecular flexibility index (Phi) is 5.69. The van der Waals surface area contributed by atoms with Crippen LogP contribution in [0.4, 0.5) is 5.69 Å². The van der Waals surface area contributed by atoms with Crippen LogP contribution >= 0.6 is 0 Å². The highest BCUT2D eigenvalue weighted by Gasteiger charge is 2.20. The van der Waals surface area contributed by atoms with E-state index in [4.69, 9.17) is 4.74 Å². The van der Waals surface area contributed by atoms with Crippen molar-refractivity contribution in [1.82, 2.24) is 23.9 Å². The lowest BCUT2D eigenvalue weighted by atomic mass is 10.1. The van der Waals surface area contributed by atoms with E-state index in [1.165, 1.54) is 30.9 Å². The van der Waals surface area contributed by atoms with Crippen molar-refractivity contribution in [1.29, 1.82) is 0 Å². The Balaban J connectivity index is 1.57. The minimum absolute atomic E-state index is 0.216. The number of benzene rings is 2. The van der Waals surface area contributed by atoms with Crippen LogP contribution in [-0.4, -0.2) is 36.9 Å². The van der Waals surface area contributed by atoms with Crippen LogP contribution in [0, 0.1) is 0 Å². The first-order valence-electron chi connectivity index (χ1n) is 11.0. The van der Waals surface area contributed by atoms with Gasteiger partial charge in [-0.25, -0.2) is 14.5 Å². The third kappa shape index (κ3) is 3.94. The number of hydrogen-bond donors (Lipinski definition) is 1. The zero-order valence-corrected chi connectivity index (χ0v) is 19.8. The average Bonchev–Trinajstić information content (AvgIpc) is 3.37. The fourth-order valence-electron chi connectivity index (χ4n) is 3.95. The van der Waals surface area contributed by atoms with E-state index < -0.39 is 17.2 Å². The summed E-state index contributed by atoms with van der Waals surface area (Å²) >= 11 is 0. The van der Waals surface area contributed by atoms with Gasteiger partial charge >= 0.3 is 5.69 Å². The van der Waals surface area contributed by atoms with Gasteiger partial charge in [-0.1, -0.05) is 18.2 Å². The first-order chi connectivity index (χ1) is 17.4. The SMILES string of the molecule is COc1ccc(-c2nn(-c3ccccc3)cc2C(=O)Nc2cnc3c(c2)c(=O)n(C)c(=O)n3C)cc1. The smallest absolute Gasteiger partial charge is 0.332 e. The Morgan fingerprint density at radius 3 is 2.39 bits per heavy atom.